The Balaban J connectivity index is 1.72. The molecule has 1 fully saturated rings. The number of carbonyl (C=O) groups is 1. The second kappa shape index (κ2) is 5.99. The average molecular weight is 317 g/mol. The molecule has 1 N–H and O–H groups in total. The molecule has 0 unspecified atom stereocenters. The highest BCUT2D eigenvalue weighted by molar-refractivity contribution is 5.91. The van der Waals surface area contributed by atoms with Crippen LogP contribution in [0.2, 0.25) is 0 Å². The van der Waals surface area contributed by atoms with E-state index in [4.69, 9.17) is 4.74 Å². The Morgan fingerprint density at radius 3 is 2.26 bits per heavy atom. The summed E-state index contributed by atoms with van der Waals surface area (Å²) in [6.07, 6.45) is 1.45. The van der Waals surface area contributed by atoms with Crippen LogP contribution in [-0.2, 0) is 16.8 Å². The van der Waals surface area contributed by atoms with Crippen molar-refractivity contribution in [2.75, 3.05) is 7.11 Å². The van der Waals surface area contributed by atoms with E-state index < -0.39 is 17.0 Å². The maximum Gasteiger partial charge on any atom is 0.230 e. The Hall–Kier alpha value is -2.43. The van der Waals surface area contributed by atoms with Gasteiger partial charge in [0.2, 0.25) is 5.91 Å². The lowest BCUT2D eigenvalue weighted by molar-refractivity contribution is -0.123. The lowest BCUT2D eigenvalue weighted by Gasteiger charge is -2.16. The van der Waals surface area contributed by atoms with Gasteiger partial charge in [0, 0.05) is 12.1 Å². The molecule has 3 rings (SSSR count). The van der Waals surface area contributed by atoms with Gasteiger partial charge in [0.15, 0.2) is 0 Å². The molecule has 120 valence electrons. The number of rotatable bonds is 5. The predicted octanol–water partition coefficient (Wildman–Crippen LogP) is 3.32. The highest BCUT2D eigenvalue weighted by Crippen LogP contribution is 2.48. The fourth-order valence-corrected chi connectivity index (χ4v) is 2.72. The molecule has 0 radical (unpaired) electrons. The van der Waals surface area contributed by atoms with Crippen molar-refractivity contribution in [3.8, 4) is 5.75 Å². The van der Waals surface area contributed by atoms with E-state index in [0.29, 0.717) is 0 Å². The van der Waals surface area contributed by atoms with Gasteiger partial charge in [0.25, 0.3) is 0 Å². The van der Waals surface area contributed by atoms with E-state index in [0.717, 1.165) is 24.2 Å². The molecule has 0 atom stereocenters. The molecule has 3 nitrogen and oxygen atoms in total. The third kappa shape index (κ3) is 2.91. The fraction of sp³-hybridized carbons (Fsp3) is 0.278. The van der Waals surface area contributed by atoms with Crippen molar-refractivity contribution in [2.24, 2.45) is 0 Å². The second-order valence-electron chi connectivity index (χ2n) is 5.69. The first-order chi connectivity index (χ1) is 11.1. The molecular weight excluding hydrogens is 300 g/mol. The molecule has 1 aliphatic carbocycles. The number of amides is 1. The number of hydrogen-bond acceptors (Lipinski definition) is 2. The van der Waals surface area contributed by atoms with Crippen LogP contribution in [0, 0.1) is 11.6 Å². The molecule has 5 heteroatoms. The summed E-state index contributed by atoms with van der Waals surface area (Å²) in [5.74, 6) is -0.789. The highest BCUT2D eigenvalue weighted by atomic mass is 19.1. The van der Waals surface area contributed by atoms with Gasteiger partial charge < -0.3 is 10.1 Å². The fourth-order valence-electron chi connectivity index (χ4n) is 2.72. The standard InChI is InChI=1S/C18H17F2NO2/c1-23-13-7-5-12(6-8-13)18(9-10-18)17(22)21-11-14-15(19)3-2-4-16(14)20/h2-8H,9-11H2,1H3,(H,21,22). The van der Waals surface area contributed by atoms with E-state index in [1.807, 2.05) is 12.1 Å². The van der Waals surface area contributed by atoms with Crippen molar-refractivity contribution in [3.63, 3.8) is 0 Å². The Bertz CT molecular complexity index is 704. The van der Waals surface area contributed by atoms with E-state index in [2.05, 4.69) is 5.32 Å². The molecule has 0 heterocycles. The number of nitrogens with one attached hydrogen (secondary N) is 1. The average Bonchev–Trinajstić information content (AvgIpc) is 3.36. The maximum absolute atomic E-state index is 13.6. The van der Waals surface area contributed by atoms with E-state index in [1.165, 1.54) is 18.2 Å². The molecular formula is C18H17F2NO2. The Kier molecular flexibility index (Phi) is 4.03. The molecule has 0 saturated heterocycles. The van der Waals surface area contributed by atoms with Gasteiger partial charge in [-0.2, -0.15) is 0 Å². The molecule has 0 bridgehead atoms. The van der Waals surface area contributed by atoms with Crippen LogP contribution in [0.3, 0.4) is 0 Å². The van der Waals surface area contributed by atoms with Gasteiger partial charge in [-0.15, -0.1) is 0 Å². The van der Waals surface area contributed by atoms with Crippen molar-refractivity contribution in [1.82, 2.24) is 5.32 Å². The van der Waals surface area contributed by atoms with Gasteiger partial charge >= 0.3 is 0 Å². The van der Waals surface area contributed by atoms with Crippen molar-refractivity contribution >= 4 is 5.91 Å². The van der Waals surface area contributed by atoms with Crippen LogP contribution in [0.5, 0.6) is 5.75 Å². The van der Waals surface area contributed by atoms with E-state index in [1.54, 1.807) is 19.2 Å². The number of methoxy groups -OCH3 is 1. The van der Waals surface area contributed by atoms with Crippen LogP contribution in [-0.4, -0.2) is 13.0 Å². The molecule has 1 saturated carbocycles. The summed E-state index contributed by atoms with van der Waals surface area (Å²) in [7, 11) is 1.58. The van der Waals surface area contributed by atoms with Gasteiger partial charge in [-0.3, -0.25) is 4.79 Å². The highest BCUT2D eigenvalue weighted by Gasteiger charge is 2.51. The predicted molar refractivity (Wildman–Crippen MR) is 82.1 cm³/mol. The van der Waals surface area contributed by atoms with Crippen LogP contribution < -0.4 is 10.1 Å². The van der Waals surface area contributed by atoms with Crippen molar-refractivity contribution in [1.29, 1.82) is 0 Å². The van der Waals surface area contributed by atoms with Gasteiger partial charge in [-0.1, -0.05) is 18.2 Å². The first kappa shape index (κ1) is 15.5. The van der Waals surface area contributed by atoms with Crippen LogP contribution in [0.1, 0.15) is 24.0 Å². The summed E-state index contributed by atoms with van der Waals surface area (Å²) < 4.78 is 32.3. The summed E-state index contributed by atoms with van der Waals surface area (Å²) >= 11 is 0. The number of carbonyl (C=O) groups excluding carboxylic acids is 1. The smallest absolute Gasteiger partial charge is 0.230 e. The summed E-state index contributed by atoms with van der Waals surface area (Å²) in [6.45, 7) is -0.157. The molecule has 2 aromatic rings. The van der Waals surface area contributed by atoms with Crippen molar-refractivity contribution < 1.29 is 18.3 Å². The topological polar surface area (TPSA) is 38.3 Å². The molecule has 0 spiro atoms. The Labute approximate surface area is 133 Å². The number of halogens is 2. The van der Waals surface area contributed by atoms with Crippen LogP contribution >= 0.6 is 0 Å². The third-order valence-corrected chi connectivity index (χ3v) is 4.31. The SMILES string of the molecule is COc1ccc(C2(C(=O)NCc3c(F)cccc3F)CC2)cc1. The van der Waals surface area contributed by atoms with Gasteiger partial charge in [0.1, 0.15) is 17.4 Å². The van der Waals surface area contributed by atoms with E-state index >= 15 is 0 Å². The third-order valence-electron chi connectivity index (χ3n) is 4.31. The first-order valence-corrected chi connectivity index (χ1v) is 7.42. The Morgan fingerprint density at radius 2 is 1.74 bits per heavy atom. The lowest BCUT2D eigenvalue weighted by Crippen LogP contribution is -2.34. The Morgan fingerprint density at radius 1 is 1.13 bits per heavy atom. The second-order valence-corrected chi connectivity index (χ2v) is 5.69. The van der Waals surface area contributed by atoms with Crippen LogP contribution in [0.15, 0.2) is 42.5 Å². The van der Waals surface area contributed by atoms with Gasteiger partial charge in [0.05, 0.1) is 12.5 Å². The molecule has 1 amide bonds. The number of ether oxygens (including phenoxy) is 1. The zero-order chi connectivity index (χ0) is 16.4. The minimum atomic E-state index is -0.653. The largest absolute Gasteiger partial charge is 0.497 e. The maximum atomic E-state index is 13.6. The zero-order valence-corrected chi connectivity index (χ0v) is 12.7. The van der Waals surface area contributed by atoms with Crippen molar-refractivity contribution in [2.45, 2.75) is 24.8 Å². The molecule has 0 aromatic heterocycles. The summed E-state index contributed by atoms with van der Waals surface area (Å²) in [5.41, 5.74) is 0.185. The monoisotopic (exact) mass is 317 g/mol. The van der Waals surface area contributed by atoms with Gasteiger partial charge in [-0.05, 0) is 42.7 Å². The summed E-state index contributed by atoms with van der Waals surface area (Å²) in [6, 6.07) is 11.0. The zero-order valence-electron chi connectivity index (χ0n) is 12.7. The summed E-state index contributed by atoms with van der Waals surface area (Å²) in [4.78, 5) is 12.5. The normalized spacial score (nSPS) is 15.1. The number of benzene rings is 2. The van der Waals surface area contributed by atoms with Crippen LogP contribution in [0.4, 0.5) is 8.78 Å². The van der Waals surface area contributed by atoms with Crippen molar-refractivity contribution in [3.05, 3.63) is 65.2 Å². The van der Waals surface area contributed by atoms with Gasteiger partial charge in [-0.25, -0.2) is 8.78 Å². The molecule has 2 aromatic carbocycles. The number of hydrogen-bond donors (Lipinski definition) is 1. The quantitative estimate of drug-likeness (QED) is 0.919. The molecule has 23 heavy (non-hydrogen) atoms. The molecule has 1 aliphatic rings. The minimum absolute atomic E-state index is 0.119. The van der Waals surface area contributed by atoms with Crippen LogP contribution in [0.25, 0.3) is 0 Å². The summed E-state index contributed by atoms with van der Waals surface area (Å²) in [5, 5.41) is 2.66. The first-order valence-electron chi connectivity index (χ1n) is 7.42. The minimum Gasteiger partial charge on any atom is -0.497 e. The van der Waals surface area contributed by atoms with E-state index in [9.17, 15) is 13.6 Å². The molecule has 0 aliphatic heterocycles. The van der Waals surface area contributed by atoms with E-state index in [-0.39, 0.29) is 18.0 Å². The lowest BCUT2D eigenvalue weighted by atomic mass is 9.95.